The number of likely N-dealkylation sites (tertiary alicyclic amines) is 1. The van der Waals surface area contributed by atoms with Crippen LogP contribution in [0.15, 0.2) is 84.9 Å². The van der Waals surface area contributed by atoms with E-state index < -0.39 is 17.0 Å². The number of carbonyl (C=O) groups is 1. The highest BCUT2D eigenvalue weighted by atomic mass is 16.4. The monoisotopic (exact) mass is 443 g/mol. The lowest BCUT2D eigenvalue weighted by atomic mass is 9.72. The molecular formula is C29H33NO3. The van der Waals surface area contributed by atoms with E-state index in [1.54, 1.807) is 13.8 Å². The van der Waals surface area contributed by atoms with Crippen molar-refractivity contribution in [2.45, 2.75) is 44.2 Å². The van der Waals surface area contributed by atoms with Gasteiger partial charge >= 0.3 is 5.97 Å². The number of aliphatic carboxylic acids is 1. The van der Waals surface area contributed by atoms with Crippen molar-refractivity contribution in [3.8, 4) is 0 Å². The van der Waals surface area contributed by atoms with Gasteiger partial charge in [0.1, 0.15) is 5.60 Å². The van der Waals surface area contributed by atoms with Crippen LogP contribution < -0.4 is 0 Å². The zero-order valence-electron chi connectivity index (χ0n) is 19.4. The van der Waals surface area contributed by atoms with E-state index in [9.17, 15) is 15.0 Å². The third kappa shape index (κ3) is 4.73. The second-order valence-corrected chi connectivity index (χ2v) is 9.68. The molecule has 0 radical (unpaired) electrons. The standard InChI is InChI=1S/C29H33NO3/c1-28(2,27(31)32)23-15-13-22(14-16-23)21-30-19-17-26(18-20-30)29(33,24-9-5-3-6-10-24)25-11-7-4-8-12-25/h3-16,26,33H,17-21H2,1-2H3,(H,31,32). The minimum Gasteiger partial charge on any atom is -0.481 e. The molecule has 0 amide bonds. The van der Waals surface area contributed by atoms with Crippen LogP contribution in [-0.2, 0) is 22.4 Å². The molecule has 1 fully saturated rings. The fraction of sp³-hybridized carbons (Fsp3) is 0.345. The van der Waals surface area contributed by atoms with Crippen molar-refractivity contribution in [2.75, 3.05) is 13.1 Å². The van der Waals surface area contributed by atoms with Crippen LogP contribution >= 0.6 is 0 Å². The van der Waals surface area contributed by atoms with Crippen molar-refractivity contribution in [2.24, 2.45) is 5.92 Å². The van der Waals surface area contributed by atoms with Gasteiger partial charge < -0.3 is 10.2 Å². The van der Waals surface area contributed by atoms with Crippen LogP contribution in [0, 0.1) is 5.92 Å². The first-order valence-electron chi connectivity index (χ1n) is 11.7. The molecule has 3 aromatic rings. The van der Waals surface area contributed by atoms with Gasteiger partial charge in [0.25, 0.3) is 0 Å². The number of carboxylic acids is 1. The highest BCUT2D eigenvalue weighted by Crippen LogP contribution is 2.42. The van der Waals surface area contributed by atoms with Gasteiger partial charge in [-0.25, -0.2) is 0 Å². The Morgan fingerprint density at radius 3 is 1.76 bits per heavy atom. The van der Waals surface area contributed by atoms with Crippen molar-refractivity contribution < 1.29 is 15.0 Å². The quantitative estimate of drug-likeness (QED) is 0.527. The van der Waals surface area contributed by atoms with Crippen LogP contribution in [0.4, 0.5) is 0 Å². The van der Waals surface area contributed by atoms with E-state index in [4.69, 9.17) is 0 Å². The van der Waals surface area contributed by atoms with Gasteiger partial charge in [-0.15, -0.1) is 0 Å². The molecule has 1 aliphatic heterocycles. The first-order chi connectivity index (χ1) is 15.8. The maximum Gasteiger partial charge on any atom is 0.313 e. The van der Waals surface area contributed by atoms with E-state index in [1.165, 1.54) is 5.56 Å². The average molecular weight is 444 g/mol. The Morgan fingerprint density at radius 1 is 0.818 bits per heavy atom. The third-order valence-electron chi connectivity index (χ3n) is 7.22. The minimum absolute atomic E-state index is 0.136. The molecule has 0 atom stereocenters. The number of aliphatic hydroxyl groups is 1. The fourth-order valence-corrected chi connectivity index (χ4v) is 4.94. The highest BCUT2D eigenvalue weighted by Gasteiger charge is 2.41. The van der Waals surface area contributed by atoms with E-state index in [0.29, 0.717) is 0 Å². The number of piperidine rings is 1. The lowest BCUT2D eigenvalue weighted by Gasteiger charge is -2.42. The van der Waals surface area contributed by atoms with Gasteiger partial charge in [0, 0.05) is 6.54 Å². The van der Waals surface area contributed by atoms with Crippen molar-refractivity contribution in [1.29, 1.82) is 0 Å². The number of hydrogen-bond acceptors (Lipinski definition) is 3. The zero-order chi connectivity index (χ0) is 23.5. The average Bonchev–Trinajstić information content (AvgIpc) is 2.85. The fourth-order valence-electron chi connectivity index (χ4n) is 4.94. The largest absolute Gasteiger partial charge is 0.481 e. The molecule has 4 nitrogen and oxygen atoms in total. The molecular weight excluding hydrogens is 410 g/mol. The Hall–Kier alpha value is -2.95. The molecule has 0 aromatic heterocycles. The lowest BCUT2D eigenvalue weighted by molar-refractivity contribution is -0.142. The van der Waals surface area contributed by atoms with Crippen LogP contribution in [0.5, 0.6) is 0 Å². The highest BCUT2D eigenvalue weighted by molar-refractivity contribution is 5.80. The number of benzene rings is 3. The summed E-state index contributed by atoms with van der Waals surface area (Å²) in [6.45, 7) is 6.12. The van der Waals surface area contributed by atoms with Crippen LogP contribution in [0.25, 0.3) is 0 Å². The number of nitrogens with zero attached hydrogens (tertiary/aromatic N) is 1. The van der Waals surface area contributed by atoms with Crippen molar-refractivity contribution in [3.63, 3.8) is 0 Å². The van der Waals surface area contributed by atoms with Gasteiger partial charge in [-0.2, -0.15) is 0 Å². The number of rotatable bonds is 7. The Bertz CT molecular complexity index is 1010. The molecule has 0 aliphatic carbocycles. The van der Waals surface area contributed by atoms with E-state index in [2.05, 4.69) is 4.90 Å². The topological polar surface area (TPSA) is 60.8 Å². The minimum atomic E-state index is -1.00. The van der Waals surface area contributed by atoms with Gasteiger partial charge in [0.15, 0.2) is 0 Å². The number of hydrogen-bond donors (Lipinski definition) is 2. The Labute approximate surface area is 196 Å². The van der Waals surface area contributed by atoms with Crippen LogP contribution in [-0.4, -0.2) is 34.2 Å². The molecule has 172 valence electrons. The first-order valence-corrected chi connectivity index (χ1v) is 11.7. The predicted octanol–water partition coefficient (Wildman–Crippen LogP) is 5.20. The maximum atomic E-state index is 12.0. The molecule has 0 unspecified atom stereocenters. The third-order valence-corrected chi connectivity index (χ3v) is 7.22. The van der Waals surface area contributed by atoms with E-state index >= 15 is 0 Å². The van der Waals surface area contributed by atoms with E-state index in [0.717, 1.165) is 49.2 Å². The molecule has 33 heavy (non-hydrogen) atoms. The van der Waals surface area contributed by atoms with E-state index in [1.807, 2.05) is 84.9 Å². The molecule has 1 saturated heterocycles. The van der Waals surface area contributed by atoms with Crippen LogP contribution in [0.2, 0.25) is 0 Å². The molecule has 3 aromatic carbocycles. The van der Waals surface area contributed by atoms with Gasteiger partial charge in [0.05, 0.1) is 5.41 Å². The summed E-state index contributed by atoms with van der Waals surface area (Å²) in [6.07, 6.45) is 1.81. The molecule has 1 heterocycles. The summed E-state index contributed by atoms with van der Waals surface area (Å²) >= 11 is 0. The molecule has 0 bridgehead atoms. The lowest BCUT2D eigenvalue weighted by Crippen LogP contribution is -2.44. The summed E-state index contributed by atoms with van der Waals surface area (Å²) < 4.78 is 0. The van der Waals surface area contributed by atoms with Gasteiger partial charge in [-0.3, -0.25) is 9.69 Å². The molecule has 0 saturated carbocycles. The Kier molecular flexibility index (Phi) is 6.68. The van der Waals surface area contributed by atoms with Crippen LogP contribution in [0.1, 0.15) is 48.9 Å². The van der Waals surface area contributed by atoms with Crippen molar-refractivity contribution in [1.82, 2.24) is 4.90 Å². The summed E-state index contributed by atoms with van der Waals surface area (Å²) in [4.78, 5) is 13.9. The summed E-state index contributed by atoms with van der Waals surface area (Å²) in [5.74, 6) is -0.682. The molecule has 0 spiro atoms. The zero-order valence-corrected chi connectivity index (χ0v) is 19.4. The first kappa shape index (κ1) is 23.2. The summed E-state index contributed by atoms with van der Waals surface area (Å²) in [5.41, 5.74) is 2.00. The number of carboxylic acid groups (broad SMARTS) is 1. The van der Waals surface area contributed by atoms with E-state index in [-0.39, 0.29) is 5.92 Å². The summed E-state index contributed by atoms with van der Waals surface area (Å²) in [6, 6.07) is 28.0. The van der Waals surface area contributed by atoms with Gasteiger partial charge in [0.2, 0.25) is 0 Å². The second kappa shape index (κ2) is 9.50. The SMILES string of the molecule is CC(C)(C(=O)O)c1ccc(CN2CCC(C(O)(c3ccccc3)c3ccccc3)CC2)cc1. The Morgan fingerprint density at radius 2 is 1.30 bits per heavy atom. The molecule has 4 rings (SSSR count). The predicted molar refractivity (Wildman–Crippen MR) is 131 cm³/mol. The maximum absolute atomic E-state index is 12.0. The van der Waals surface area contributed by atoms with Gasteiger partial charge in [-0.1, -0.05) is 84.9 Å². The summed E-state index contributed by atoms with van der Waals surface area (Å²) in [5, 5.41) is 21.5. The Balaban J connectivity index is 1.46. The molecule has 4 heteroatoms. The van der Waals surface area contributed by atoms with Crippen LogP contribution in [0.3, 0.4) is 0 Å². The molecule has 1 aliphatic rings. The summed E-state index contributed by atoms with van der Waals surface area (Å²) in [7, 11) is 0. The van der Waals surface area contributed by atoms with Gasteiger partial charge in [-0.05, 0) is 68.0 Å². The van der Waals surface area contributed by atoms with Crippen molar-refractivity contribution in [3.05, 3.63) is 107 Å². The second-order valence-electron chi connectivity index (χ2n) is 9.68. The smallest absolute Gasteiger partial charge is 0.313 e. The van der Waals surface area contributed by atoms with Crippen molar-refractivity contribution >= 4 is 5.97 Å². The molecule has 2 N–H and O–H groups in total. The normalized spacial score (nSPS) is 16.0.